The molecule has 2 atom stereocenters. The molecule has 0 N–H and O–H groups in total. The molecule has 1 aromatic carbocycles. The average Bonchev–Trinajstić information content (AvgIpc) is 2.65. The van der Waals surface area contributed by atoms with Crippen molar-refractivity contribution in [3.8, 4) is 0 Å². The Hall–Kier alpha value is -2.41. The van der Waals surface area contributed by atoms with Crippen LogP contribution in [0.2, 0.25) is 0 Å². The molecule has 1 aliphatic carbocycles. The summed E-state index contributed by atoms with van der Waals surface area (Å²) in [6.07, 6.45) is 4.72. The van der Waals surface area contributed by atoms with E-state index in [1.165, 1.54) is 35.2 Å². The van der Waals surface area contributed by atoms with Crippen molar-refractivity contribution < 1.29 is 9.72 Å². The number of aromatic nitrogens is 1. The number of hydrogen-bond donors (Lipinski definition) is 0. The van der Waals surface area contributed by atoms with Gasteiger partial charge in [-0.3, -0.25) is 14.9 Å². The molecule has 1 fully saturated rings. The van der Waals surface area contributed by atoms with Gasteiger partial charge in [0.05, 0.1) is 4.92 Å². The summed E-state index contributed by atoms with van der Waals surface area (Å²) in [5, 5.41) is 11.5. The van der Waals surface area contributed by atoms with E-state index in [1.54, 1.807) is 6.07 Å². The summed E-state index contributed by atoms with van der Waals surface area (Å²) in [4.78, 5) is 29.6. The van der Waals surface area contributed by atoms with E-state index in [2.05, 4.69) is 30.1 Å². The monoisotopic (exact) mass is 383 g/mol. The number of likely N-dealkylation sites (tertiary alicyclic amines) is 1. The number of rotatable bonds is 3. The van der Waals surface area contributed by atoms with Gasteiger partial charge in [-0.25, -0.2) is 4.98 Å². The van der Waals surface area contributed by atoms with Crippen LogP contribution in [-0.2, 0) is 16.6 Å². The fourth-order valence-corrected chi connectivity index (χ4v) is 5.31. The summed E-state index contributed by atoms with van der Waals surface area (Å²) in [6.45, 7) is 2.28. The Morgan fingerprint density at radius 2 is 2.11 bits per heavy atom. The lowest BCUT2D eigenvalue weighted by Crippen LogP contribution is -2.56. The van der Waals surface area contributed by atoms with E-state index in [9.17, 15) is 14.9 Å². The van der Waals surface area contributed by atoms with Crippen molar-refractivity contribution in [1.82, 2.24) is 9.88 Å². The van der Waals surface area contributed by atoms with E-state index in [-0.39, 0.29) is 23.1 Å². The van der Waals surface area contributed by atoms with Crippen LogP contribution in [0.5, 0.6) is 0 Å². The van der Waals surface area contributed by atoms with Crippen molar-refractivity contribution in [2.24, 2.45) is 0 Å². The lowest BCUT2D eigenvalue weighted by Gasteiger charge is -2.50. The molecule has 0 saturated carbocycles. The number of nitro groups is 1. The predicted octanol–water partition coefficient (Wildman–Crippen LogP) is 3.97. The van der Waals surface area contributed by atoms with Crippen LogP contribution in [0.25, 0.3) is 0 Å². The molecule has 4 rings (SSSR count). The number of likely N-dealkylation sites (N-methyl/N-ethyl adjacent to an activating group) is 1. The van der Waals surface area contributed by atoms with Gasteiger partial charge in [0, 0.05) is 35.9 Å². The first-order chi connectivity index (χ1) is 12.9. The van der Waals surface area contributed by atoms with Crippen LogP contribution in [0.4, 0.5) is 5.69 Å². The third kappa shape index (κ3) is 3.10. The first-order valence-corrected chi connectivity index (χ1v) is 9.87. The van der Waals surface area contributed by atoms with E-state index < -0.39 is 4.92 Å². The van der Waals surface area contributed by atoms with Gasteiger partial charge in [-0.2, -0.15) is 0 Å². The van der Waals surface area contributed by atoms with Gasteiger partial charge in [0.1, 0.15) is 11.2 Å². The van der Waals surface area contributed by atoms with Gasteiger partial charge in [-0.05, 0) is 48.6 Å². The minimum atomic E-state index is -0.441. The number of carbonyl (C=O) groups excluding carboxylic acids is 1. The molecule has 0 radical (unpaired) electrons. The average molecular weight is 383 g/mol. The molecule has 2 aliphatic rings. The van der Waals surface area contributed by atoms with Crippen molar-refractivity contribution in [2.45, 2.75) is 54.0 Å². The van der Waals surface area contributed by atoms with Gasteiger partial charge in [0.15, 0.2) is 0 Å². The Bertz CT molecular complexity index is 915. The topological polar surface area (TPSA) is 76.3 Å². The lowest BCUT2D eigenvalue weighted by atomic mass is 9.63. The standard InChI is InChI=1S/C20H21N3O3S/c1-20-10-9-19(24)22(2)17(20)7-3-13-11-15(5-6-16(13)20)27-18-8-4-14(12-21-18)23(25)26/h4-6,8,11-12,17H,3,7,9-10H2,1-2H3/t17-,20-/m1/s1. The number of amides is 1. The summed E-state index contributed by atoms with van der Waals surface area (Å²) in [5.41, 5.74) is 2.69. The van der Waals surface area contributed by atoms with E-state index in [0.29, 0.717) is 6.42 Å². The van der Waals surface area contributed by atoms with Gasteiger partial charge >= 0.3 is 0 Å². The Labute approximate surface area is 162 Å². The highest BCUT2D eigenvalue weighted by atomic mass is 32.2. The fourth-order valence-electron chi connectivity index (χ4n) is 4.49. The highest BCUT2D eigenvalue weighted by molar-refractivity contribution is 7.99. The molecule has 1 aliphatic heterocycles. The maximum absolute atomic E-state index is 12.1. The van der Waals surface area contributed by atoms with Crippen LogP contribution >= 0.6 is 11.8 Å². The summed E-state index contributed by atoms with van der Waals surface area (Å²) in [6, 6.07) is 9.92. The molecule has 1 saturated heterocycles. The minimum Gasteiger partial charge on any atom is -0.342 e. The molecule has 1 aromatic heterocycles. The second kappa shape index (κ2) is 6.64. The number of piperidine rings is 1. The molecule has 2 heterocycles. The first kappa shape index (κ1) is 18.0. The molecule has 0 bridgehead atoms. The van der Waals surface area contributed by atoms with Crippen LogP contribution in [0, 0.1) is 10.1 Å². The van der Waals surface area contributed by atoms with E-state index >= 15 is 0 Å². The summed E-state index contributed by atoms with van der Waals surface area (Å²) >= 11 is 1.51. The summed E-state index contributed by atoms with van der Waals surface area (Å²) < 4.78 is 0. The van der Waals surface area contributed by atoms with Crippen molar-refractivity contribution in [1.29, 1.82) is 0 Å². The normalized spacial score (nSPS) is 24.3. The molecule has 0 unspecified atom stereocenters. The molecule has 140 valence electrons. The van der Waals surface area contributed by atoms with Crippen LogP contribution in [0.15, 0.2) is 46.5 Å². The Morgan fingerprint density at radius 1 is 1.30 bits per heavy atom. The lowest BCUT2D eigenvalue weighted by molar-refractivity contribution is -0.385. The Kier molecular flexibility index (Phi) is 4.42. The molecule has 27 heavy (non-hydrogen) atoms. The van der Waals surface area contributed by atoms with Gasteiger partial charge in [-0.1, -0.05) is 24.8 Å². The van der Waals surface area contributed by atoms with Crippen molar-refractivity contribution in [3.05, 3.63) is 57.8 Å². The number of hydrogen-bond acceptors (Lipinski definition) is 5. The SMILES string of the molecule is CN1C(=O)CC[C@]2(C)c3ccc(Sc4ccc([N+](=O)[O-])cn4)cc3CC[C@@H]12. The zero-order chi connectivity index (χ0) is 19.2. The van der Waals surface area contributed by atoms with Crippen molar-refractivity contribution in [2.75, 3.05) is 7.05 Å². The number of nitrogens with zero attached hydrogens (tertiary/aromatic N) is 3. The highest BCUT2D eigenvalue weighted by Crippen LogP contribution is 2.46. The van der Waals surface area contributed by atoms with Gasteiger partial charge in [0.2, 0.25) is 5.91 Å². The van der Waals surface area contributed by atoms with Gasteiger partial charge < -0.3 is 4.90 Å². The largest absolute Gasteiger partial charge is 0.342 e. The second-order valence-corrected chi connectivity index (χ2v) is 8.60. The highest BCUT2D eigenvalue weighted by Gasteiger charge is 2.46. The molecule has 6 nitrogen and oxygen atoms in total. The van der Waals surface area contributed by atoms with Crippen molar-refractivity contribution in [3.63, 3.8) is 0 Å². The third-order valence-electron chi connectivity index (χ3n) is 5.99. The maximum atomic E-state index is 12.1. The zero-order valence-corrected chi connectivity index (χ0v) is 16.2. The number of pyridine rings is 1. The van der Waals surface area contributed by atoms with E-state index in [4.69, 9.17) is 0 Å². The van der Waals surface area contributed by atoms with E-state index in [1.807, 2.05) is 11.9 Å². The number of fused-ring (bicyclic) bond motifs is 3. The third-order valence-corrected chi connectivity index (χ3v) is 6.93. The minimum absolute atomic E-state index is 0.000256. The Balaban J connectivity index is 1.60. The van der Waals surface area contributed by atoms with Crippen LogP contribution in [0.1, 0.15) is 37.3 Å². The smallest absolute Gasteiger partial charge is 0.287 e. The molecular formula is C20H21N3O3S. The maximum Gasteiger partial charge on any atom is 0.287 e. The molecular weight excluding hydrogens is 362 g/mol. The number of aryl methyl sites for hydroxylation is 1. The summed E-state index contributed by atoms with van der Waals surface area (Å²) in [7, 11) is 1.93. The molecule has 1 amide bonds. The van der Waals surface area contributed by atoms with Crippen molar-refractivity contribution >= 4 is 23.4 Å². The van der Waals surface area contributed by atoms with Crippen LogP contribution in [0.3, 0.4) is 0 Å². The van der Waals surface area contributed by atoms with Gasteiger partial charge in [-0.15, -0.1) is 0 Å². The fraction of sp³-hybridized carbons (Fsp3) is 0.400. The predicted molar refractivity (Wildman–Crippen MR) is 103 cm³/mol. The van der Waals surface area contributed by atoms with Crippen LogP contribution in [-0.4, -0.2) is 33.8 Å². The molecule has 7 heteroatoms. The second-order valence-electron chi connectivity index (χ2n) is 7.51. The quantitative estimate of drug-likeness (QED) is 0.592. The van der Waals surface area contributed by atoms with Gasteiger partial charge in [0.25, 0.3) is 5.69 Å². The van der Waals surface area contributed by atoms with E-state index in [0.717, 1.165) is 29.2 Å². The number of carbonyl (C=O) groups is 1. The number of benzene rings is 1. The molecule has 2 aromatic rings. The zero-order valence-electron chi connectivity index (χ0n) is 15.3. The first-order valence-electron chi connectivity index (χ1n) is 9.06. The van der Waals surface area contributed by atoms with Crippen LogP contribution < -0.4 is 0 Å². The molecule has 0 spiro atoms. The summed E-state index contributed by atoms with van der Waals surface area (Å²) in [5.74, 6) is 0.248. The Morgan fingerprint density at radius 3 is 2.81 bits per heavy atom.